The topological polar surface area (TPSA) is 58.1 Å². The van der Waals surface area contributed by atoms with Crippen molar-refractivity contribution in [3.8, 4) is 11.1 Å². The third kappa shape index (κ3) is 3.46. The van der Waals surface area contributed by atoms with Gasteiger partial charge in [-0.05, 0) is 57.6 Å². The Hall–Kier alpha value is -2.27. The van der Waals surface area contributed by atoms with E-state index in [0.717, 1.165) is 66.1 Å². The molecule has 1 aliphatic carbocycles. The summed E-state index contributed by atoms with van der Waals surface area (Å²) in [5.74, 6) is 0.998. The lowest BCUT2D eigenvalue weighted by Crippen LogP contribution is -2.14. The summed E-state index contributed by atoms with van der Waals surface area (Å²) in [6.45, 7) is 3.60. The van der Waals surface area contributed by atoms with Crippen molar-refractivity contribution >= 4 is 11.6 Å². The van der Waals surface area contributed by atoms with E-state index in [4.69, 9.17) is 0 Å². The van der Waals surface area contributed by atoms with Gasteiger partial charge in [-0.25, -0.2) is 9.97 Å². The van der Waals surface area contributed by atoms with Gasteiger partial charge in [0.05, 0.1) is 5.69 Å². The summed E-state index contributed by atoms with van der Waals surface area (Å²) < 4.78 is 0. The summed E-state index contributed by atoms with van der Waals surface area (Å²) in [6, 6.07) is 5.91. The average Bonchev–Trinajstić information content (AvgIpc) is 2.92. The van der Waals surface area contributed by atoms with Crippen LogP contribution in [0.4, 0.5) is 5.82 Å². The van der Waals surface area contributed by atoms with Gasteiger partial charge in [0.2, 0.25) is 0 Å². The van der Waals surface area contributed by atoms with Crippen LogP contribution in [0.2, 0.25) is 0 Å². The third-order valence-electron chi connectivity index (χ3n) is 4.39. The second-order valence-electron chi connectivity index (χ2n) is 6.59. The van der Waals surface area contributed by atoms with Crippen LogP contribution in [0.1, 0.15) is 41.4 Å². The molecule has 24 heavy (non-hydrogen) atoms. The van der Waals surface area contributed by atoms with Crippen LogP contribution in [0.15, 0.2) is 24.5 Å². The van der Waals surface area contributed by atoms with Crippen LogP contribution in [0.25, 0.3) is 11.1 Å². The number of nitrogens with one attached hydrogen (secondary N) is 1. The molecule has 1 aromatic carbocycles. The molecule has 1 heterocycles. The first kappa shape index (κ1) is 16.6. The van der Waals surface area contributed by atoms with E-state index in [0.29, 0.717) is 0 Å². The lowest BCUT2D eigenvalue weighted by atomic mass is 10.0. The number of unbranched alkanes of at least 4 members (excludes halogenated alkanes) is 1. The molecule has 0 atom stereocenters. The van der Waals surface area contributed by atoms with Gasteiger partial charge in [0.25, 0.3) is 0 Å². The minimum Gasteiger partial charge on any atom is -0.369 e. The summed E-state index contributed by atoms with van der Waals surface area (Å²) in [6.07, 6.45) is 4.65. The molecular formula is C19H24N4O. The maximum Gasteiger partial charge on any atom is 0.159 e. The molecule has 5 nitrogen and oxygen atoms in total. The van der Waals surface area contributed by atoms with E-state index < -0.39 is 0 Å². The van der Waals surface area contributed by atoms with Crippen molar-refractivity contribution in [1.29, 1.82) is 0 Å². The number of fused-ring (bicyclic) bond motifs is 3. The summed E-state index contributed by atoms with van der Waals surface area (Å²) in [5.41, 5.74) is 5.19. The highest BCUT2D eigenvalue weighted by molar-refractivity contribution is 5.96. The highest BCUT2D eigenvalue weighted by Crippen LogP contribution is 2.39. The van der Waals surface area contributed by atoms with Crippen LogP contribution in [-0.4, -0.2) is 47.8 Å². The first-order chi connectivity index (χ1) is 11.6. The zero-order valence-corrected chi connectivity index (χ0v) is 14.6. The van der Waals surface area contributed by atoms with Crippen LogP contribution in [0.3, 0.4) is 0 Å². The Morgan fingerprint density at radius 3 is 2.83 bits per heavy atom. The summed E-state index contributed by atoms with van der Waals surface area (Å²) in [7, 11) is 4.19. The molecule has 0 unspecified atom stereocenters. The van der Waals surface area contributed by atoms with Gasteiger partial charge in [0.15, 0.2) is 5.78 Å². The molecule has 1 N–H and O–H groups in total. The summed E-state index contributed by atoms with van der Waals surface area (Å²) in [5, 5.41) is 3.46. The zero-order valence-electron chi connectivity index (χ0n) is 14.6. The minimum absolute atomic E-state index is 0.0964. The monoisotopic (exact) mass is 324 g/mol. The molecule has 1 aliphatic rings. The van der Waals surface area contributed by atoms with Crippen molar-refractivity contribution in [2.24, 2.45) is 0 Å². The number of carbonyl (C=O) groups is 1. The van der Waals surface area contributed by atoms with Crippen LogP contribution in [-0.2, 0) is 6.42 Å². The van der Waals surface area contributed by atoms with E-state index in [1.165, 1.54) is 0 Å². The van der Waals surface area contributed by atoms with Crippen molar-refractivity contribution in [2.45, 2.75) is 26.2 Å². The molecule has 1 aromatic heterocycles. The highest BCUT2D eigenvalue weighted by Gasteiger charge is 2.24. The van der Waals surface area contributed by atoms with E-state index in [1.54, 1.807) is 13.3 Å². The predicted molar refractivity (Wildman–Crippen MR) is 96.6 cm³/mol. The molecule has 0 saturated carbocycles. The normalized spacial score (nSPS) is 12.2. The Morgan fingerprint density at radius 1 is 1.25 bits per heavy atom. The van der Waals surface area contributed by atoms with E-state index in [1.807, 2.05) is 18.2 Å². The third-order valence-corrected chi connectivity index (χ3v) is 4.39. The van der Waals surface area contributed by atoms with E-state index in [-0.39, 0.29) is 5.78 Å². The smallest absolute Gasteiger partial charge is 0.159 e. The number of anilines is 1. The summed E-state index contributed by atoms with van der Waals surface area (Å²) >= 11 is 0. The van der Waals surface area contributed by atoms with Gasteiger partial charge in [0.1, 0.15) is 12.1 Å². The predicted octanol–water partition coefficient (Wildman–Crippen LogP) is 3.00. The van der Waals surface area contributed by atoms with E-state index in [9.17, 15) is 4.79 Å². The van der Waals surface area contributed by atoms with Crippen LogP contribution in [0, 0.1) is 0 Å². The molecule has 5 heteroatoms. The molecule has 0 radical (unpaired) electrons. The van der Waals surface area contributed by atoms with Gasteiger partial charge in [-0.3, -0.25) is 4.79 Å². The average molecular weight is 324 g/mol. The first-order valence-corrected chi connectivity index (χ1v) is 8.43. The molecule has 0 bridgehead atoms. The van der Waals surface area contributed by atoms with Crippen molar-refractivity contribution in [3.05, 3.63) is 41.3 Å². The molecule has 2 aromatic rings. The quantitative estimate of drug-likeness (QED) is 0.535. The second-order valence-corrected chi connectivity index (χ2v) is 6.59. The molecule has 0 spiro atoms. The Morgan fingerprint density at radius 2 is 2.08 bits per heavy atom. The maximum atomic E-state index is 11.6. The highest BCUT2D eigenvalue weighted by atomic mass is 16.1. The number of Topliss-reactive ketones (excluding diaryl/α,β-unsaturated/α-hetero) is 1. The van der Waals surface area contributed by atoms with Crippen LogP contribution < -0.4 is 5.32 Å². The van der Waals surface area contributed by atoms with Crippen molar-refractivity contribution in [3.63, 3.8) is 0 Å². The Bertz CT molecular complexity index is 755. The van der Waals surface area contributed by atoms with Crippen LogP contribution >= 0.6 is 0 Å². The number of carbonyl (C=O) groups excluding carboxylic acids is 1. The Kier molecular flexibility index (Phi) is 4.90. The fourth-order valence-corrected chi connectivity index (χ4v) is 3.12. The number of ketones is 1. The molecule has 0 saturated heterocycles. The number of hydrogen-bond acceptors (Lipinski definition) is 5. The van der Waals surface area contributed by atoms with Gasteiger partial charge in [-0.2, -0.15) is 0 Å². The largest absolute Gasteiger partial charge is 0.369 e. The number of hydrogen-bond donors (Lipinski definition) is 1. The van der Waals surface area contributed by atoms with Crippen molar-refractivity contribution in [2.75, 3.05) is 32.5 Å². The Labute approximate surface area is 143 Å². The van der Waals surface area contributed by atoms with Crippen molar-refractivity contribution < 1.29 is 4.79 Å². The Balaban J connectivity index is 1.76. The number of aromatic nitrogens is 2. The number of rotatable bonds is 7. The fraction of sp³-hybridized carbons (Fsp3) is 0.421. The van der Waals surface area contributed by atoms with Gasteiger partial charge < -0.3 is 10.2 Å². The lowest BCUT2D eigenvalue weighted by Gasteiger charge is -2.12. The first-order valence-electron chi connectivity index (χ1n) is 8.43. The SMILES string of the molecule is CC(=O)c1ccc2c(c1)Cc1ncnc(NCCCCN(C)C)c1-2. The second kappa shape index (κ2) is 7.09. The molecule has 0 amide bonds. The number of nitrogens with zero attached hydrogens (tertiary/aromatic N) is 3. The van der Waals surface area contributed by atoms with Gasteiger partial charge in [-0.15, -0.1) is 0 Å². The fourth-order valence-electron chi connectivity index (χ4n) is 3.12. The molecule has 0 fully saturated rings. The lowest BCUT2D eigenvalue weighted by molar-refractivity contribution is 0.101. The molecular weight excluding hydrogens is 300 g/mol. The molecule has 0 aliphatic heterocycles. The standard InChI is InChI=1S/C19H24N4O/c1-13(24)14-6-7-16-15(10-14)11-17-18(16)19(22-12-21-17)20-8-4-5-9-23(2)3/h6-7,10,12H,4-5,8-9,11H2,1-3H3,(H,20,21,22). The minimum atomic E-state index is 0.0964. The van der Waals surface area contributed by atoms with Gasteiger partial charge in [-0.1, -0.05) is 12.1 Å². The van der Waals surface area contributed by atoms with Crippen molar-refractivity contribution in [1.82, 2.24) is 14.9 Å². The van der Waals surface area contributed by atoms with E-state index in [2.05, 4.69) is 34.3 Å². The molecule has 3 rings (SSSR count). The van der Waals surface area contributed by atoms with Gasteiger partial charge in [0, 0.05) is 24.1 Å². The molecule has 126 valence electrons. The van der Waals surface area contributed by atoms with Gasteiger partial charge >= 0.3 is 0 Å². The zero-order chi connectivity index (χ0) is 17.1. The van der Waals surface area contributed by atoms with E-state index >= 15 is 0 Å². The maximum absolute atomic E-state index is 11.6. The van der Waals surface area contributed by atoms with Crippen LogP contribution in [0.5, 0.6) is 0 Å². The summed E-state index contributed by atoms with van der Waals surface area (Å²) in [4.78, 5) is 22.7. The number of benzene rings is 1.